The van der Waals surface area contributed by atoms with E-state index >= 15 is 0 Å². The van der Waals surface area contributed by atoms with Gasteiger partial charge in [-0.25, -0.2) is 9.37 Å². The highest BCUT2D eigenvalue weighted by molar-refractivity contribution is 6.31. The third-order valence-corrected chi connectivity index (χ3v) is 5.86. The summed E-state index contributed by atoms with van der Waals surface area (Å²) < 4.78 is 26.4. The van der Waals surface area contributed by atoms with Crippen molar-refractivity contribution in [3.8, 4) is 22.9 Å². The van der Waals surface area contributed by atoms with Crippen molar-refractivity contribution < 1.29 is 13.9 Å². The van der Waals surface area contributed by atoms with Crippen LogP contribution >= 0.6 is 11.6 Å². The largest absolute Gasteiger partial charge is 0.493 e. The van der Waals surface area contributed by atoms with Gasteiger partial charge < -0.3 is 9.47 Å². The summed E-state index contributed by atoms with van der Waals surface area (Å²) in [5.74, 6) is 0.750. The molecular weight excluding hydrogens is 493 g/mol. The van der Waals surface area contributed by atoms with Gasteiger partial charge in [-0.1, -0.05) is 66.2 Å². The van der Waals surface area contributed by atoms with Crippen molar-refractivity contribution in [1.82, 2.24) is 9.66 Å². The molecule has 0 unspecified atom stereocenters. The molecule has 0 N–H and O–H groups in total. The van der Waals surface area contributed by atoms with E-state index in [9.17, 15) is 9.18 Å². The molecule has 184 valence electrons. The summed E-state index contributed by atoms with van der Waals surface area (Å²) in [6, 6.07) is 25.8. The fourth-order valence-corrected chi connectivity index (χ4v) is 4.11. The third-order valence-electron chi connectivity index (χ3n) is 5.64. The summed E-state index contributed by atoms with van der Waals surface area (Å²) in [6.07, 6.45) is 1.47. The Morgan fingerprint density at radius 3 is 2.57 bits per heavy atom. The first kappa shape index (κ1) is 24.2. The molecule has 0 spiro atoms. The van der Waals surface area contributed by atoms with Crippen LogP contribution in [-0.2, 0) is 6.61 Å². The van der Waals surface area contributed by atoms with Crippen molar-refractivity contribution in [3.05, 3.63) is 123 Å². The van der Waals surface area contributed by atoms with Crippen molar-refractivity contribution in [2.24, 2.45) is 5.10 Å². The van der Waals surface area contributed by atoms with Crippen molar-refractivity contribution in [1.29, 1.82) is 0 Å². The van der Waals surface area contributed by atoms with Crippen LogP contribution in [0.4, 0.5) is 4.39 Å². The molecule has 5 aromatic rings. The SMILES string of the molecule is COc1cc(Cl)cc(C=Nn2c(-c3ccccc3)nc3ccccc3c2=O)c1OCc1cccc(F)c1. The molecule has 0 saturated heterocycles. The predicted octanol–water partition coefficient (Wildman–Crippen LogP) is 6.33. The van der Waals surface area contributed by atoms with Gasteiger partial charge in [0, 0.05) is 22.2 Å². The van der Waals surface area contributed by atoms with E-state index in [0.29, 0.717) is 44.4 Å². The van der Waals surface area contributed by atoms with E-state index in [1.165, 1.54) is 30.1 Å². The zero-order chi connectivity index (χ0) is 25.8. The van der Waals surface area contributed by atoms with E-state index in [4.69, 9.17) is 26.1 Å². The first-order valence-electron chi connectivity index (χ1n) is 11.4. The summed E-state index contributed by atoms with van der Waals surface area (Å²) in [4.78, 5) is 18.2. The van der Waals surface area contributed by atoms with Crippen molar-refractivity contribution >= 4 is 28.7 Å². The van der Waals surface area contributed by atoms with Gasteiger partial charge in [0.05, 0.1) is 24.2 Å². The molecule has 0 bridgehead atoms. The smallest absolute Gasteiger partial charge is 0.282 e. The molecule has 0 atom stereocenters. The Kier molecular flexibility index (Phi) is 6.96. The summed E-state index contributed by atoms with van der Waals surface area (Å²) in [5, 5.41) is 5.34. The lowest BCUT2D eigenvalue weighted by molar-refractivity contribution is 0.283. The average molecular weight is 514 g/mol. The van der Waals surface area contributed by atoms with Crippen LogP contribution in [-0.4, -0.2) is 23.0 Å². The zero-order valence-corrected chi connectivity index (χ0v) is 20.5. The molecule has 0 aliphatic rings. The lowest BCUT2D eigenvalue weighted by atomic mass is 10.2. The van der Waals surface area contributed by atoms with Gasteiger partial charge in [-0.15, -0.1) is 0 Å². The number of hydrogen-bond donors (Lipinski definition) is 0. The Morgan fingerprint density at radius 1 is 1.00 bits per heavy atom. The van der Waals surface area contributed by atoms with E-state index in [-0.39, 0.29) is 18.0 Å². The minimum atomic E-state index is -0.359. The first-order chi connectivity index (χ1) is 18.0. The van der Waals surface area contributed by atoms with Crippen LogP contribution in [0.2, 0.25) is 5.02 Å². The van der Waals surface area contributed by atoms with Gasteiger partial charge in [-0.2, -0.15) is 9.78 Å². The molecule has 1 heterocycles. The number of rotatable bonds is 7. The Bertz CT molecular complexity index is 1670. The van der Waals surface area contributed by atoms with Crippen LogP contribution in [0.3, 0.4) is 0 Å². The molecule has 0 aliphatic carbocycles. The third kappa shape index (κ3) is 5.22. The van der Waals surface area contributed by atoms with E-state index in [1.54, 1.807) is 42.5 Å². The maximum atomic E-state index is 13.6. The van der Waals surface area contributed by atoms with Gasteiger partial charge in [-0.3, -0.25) is 4.79 Å². The number of nitrogens with zero attached hydrogens (tertiary/aromatic N) is 3. The minimum absolute atomic E-state index is 0.0866. The number of methoxy groups -OCH3 is 1. The molecule has 0 amide bonds. The Balaban J connectivity index is 1.61. The second-order valence-electron chi connectivity index (χ2n) is 8.13. The van der Waals surface area contributed by atoms with Gasteiger partial charge in [0.25, 0.3) is 5.56 Å². The number of hydrogen-bond acceptors (Lipinski definition) is 5. The van der Waals surface area contributed by atoms with E-state index in [1.807, 2.05) is 36.4 Å². The van der Waals surface area contributed by atoms with Gasteiger partial charge in [0.15, 0.2) is 17.3 Å². The summed E-state index contributed by atoms with van der Waals surface area (Å²) >= 11 is 6.33. The highest BCUT2D eigenvalue weighted by atomic mass is 35.5. The van der Waals surface area contributed by atoms with Crippen LogP contribution in [0.15, 0.2) is 101 Å². The minimum Gasteiger partial charge on any atom is -0.493 e. The van der Waals surface area contributed by atoms with Crippen LogP contribution in [0, 0.1) is 5.82 Å². The maximum Gasteiger partial charge on any atom is 0.282 e. The molecule has 0 aliphatic heterocycles. The second kappa shape index (κ2) is 10.6. The van der Waals surface area contributed by atoms with E-state index in [0.717, 1.165) is 5.56 Å². The Morgan fingerprint density at radius 2 is 1.78 bits per heavy atom. The van der Waals surface area contributed by atoms with Crippen LogP contribution in [0.5, 0.6) is 11.5 Å². The second-order valence-corrected chi connectivity index (χ2v) is 8.56. The normalized spacial score (nSPS) is 11.2. The molecule has 0 fully saturated rings. The molecule has 37 heavy (non-hydrogen) atoms. The maximum absolute atomic E-state index is 13.6. The molecule has 8 heteroatoms. The Labute approximate surface area is 217 Å². The molecule has 5 rings (SSSR count). The number of aromatic nitrogens is 2. The topological polar surface area (TPSA) is 65.7 Å². The number of fused-ring (bicyclic) bond motifs is 1. The predicted molar refractivity (Wildman–Crippen MR) is 143 cm³/mol. The quantitative estimate of drug-likeness (QED) is 0.239. The fourth-order valence-electron chi connectivity index (χ4n) is 3.90. The van der Waals surface area contributed by atoms with Gasteiger partial charge in [0.1, 0.15) is 12.4 Å². The van der Waals surface area contributed by atoms with Crippen LogP contribution in [0.1, 0.15) is 11.1 Å². The van der Waals surface area contributed by atoms with Gasteiger partial charge in [-0.05, 0) is 35.9 Å². The van der Waals surface area contributed by atoms with Crippen LogP contribution in [0.25, 0.3) is 22.3 Å². The molecule has 4 aromatic carbocycles. The monoisotopic (exact) mass is 513 g/mol. The molecule has 1 aromatic heterocycles. The molecular formula is C29H21ClFN3O3. The van der Waals surface area contributed by atoms with Crippen molar-refractivity contribution in [2.75, 3.05) is 7.11 Å². The number of benzene rings is 4. The number of halogens is 2. The average Bonchev–Trinajstić information content (AvgIpc) is 2.92. The van der Waals surface area contributed by atoms with E-state index in [2.05, 4.69) is 5.10 Å². The molecule has 6 nitrogen and oxygen atoms in total. The summed E-state index contributed by atoms with van der Waals surface area (Å²) in [5.41, 5.74) is 2.09. The summed E-state index contributed by atoms with van der Waals surface area (Å²) in [7, 11) is 1.49. The fraction of sp³-hybridized carbons (Fsp3) is 0.0690. The zero-order valence-electron chi connectivity index (χ0n) is 19.8. The number of ether oxygens (including phenoxy) is 2. The highest BCUT2D eigenvalue weighted by Gasteiger charge is 2.15. The Hall–Kier alpha value is -4.49. The standard InChI is InChI=1S/C29H21ClFN3O3/c1-36-26-16-22(30)15-21(27(26)37-18-19-8-7-11-23(31)14-19)17-32-34-28(20-9-3-2-4-10-20)33-25-13-6-5-12-24(25)29(34)35/h2-17H,18H2,1H3. The number of para-hydroxylation sites is 1. The summed E-state index contributed by atoms with van der Waals surface area (Å²) in [6.45, 7) is 0.0866. The lowest BCUT2D eigenvalue weighted by Gasteiger charge is -2.14. The molecule has 0 saturated carbocycles. The van der Waals surface area contributed by atoms with E-state index < -0.39 is 0 Å². The first-order valence-corrected chi connectivity index (χ1v) is 11.8. The van der Waals surface area contributed by atoms with Crippen LogP contribution < -0.4 is 15.0 Å². The van der Waals surface area contributed by atoms with Gasteiger partial charge >= 0.3 is 0 Å². The highest BCUT2D eigenvalue weighted by Crippen LogP contribution is 2.34. The lowest BCUT2D eigenvalue weighted by Crippen LogP contribution is -2.20. The van der Waals surface area contributed by atoms with Gasteiger partial charge in [0.2, 0.25) is 0 Å². The van der Waals surface area contributed by atoms with Crippen molar-refractivity contribution in [2.45, 2.75) is 6.61 Å². The molecule has 0 radical (unpaired) electrons. The van der Waals surface area contributed by atoms with Crippen molar-refractivity contribution in [3.63, 3.8) is 0 Å².